The van der Waals surface area contributed by atoms with E-state index < -0.39 is 7.82 Å². The molecule has 1 aliphatic heterocycles. The molecule has 1 aliphatic rings. The second kappa shape index (κ2) is 4.07. The van der Waals surface area contributed by atoms with Crippen molar-refractivity contribution in [3.63, 3.8) is 0 Å². The van der Waals surface area contributed by atoms with Gasteiger partial charge in [-0.2, -0.15) is 0 Å². The van der Waals surface area contributed by atoms with Crippen LogP contribution in [0.15, 0.2) is 0 Å². The van der Waals surface area contributed by atoms with Crippen molar-refractivity contribution in [3.8, 4) is 0 Å². The monoisotopic (exact) mass is 210 g/mol. The Hall–Kier alpha value is 0.0700. The summed E-state index contributed by atoms with van der Waals surface area (Å²) in [4.78, 5) is 0. The Morgan fingerprint density at radius 3 is 2.46 bits per heavy atom. The zero-order chi connectivity index (χ0) is 9.95. The largest absolute Gasteiger partial charge is 0.474 e. The van der Waals surface area contributed by atoms with Gasteiger partial charge in [0.1, 0.15) is 0 Å². The second-order valence-electron chi connectivity index (χ2n) is 3.72. The molecule has 1 heterocycles. The van der Waals surface area contributed by atoms with Gasteiger partial charge in [-0.05, 0) is 0 Å². The number of rotatable bonds is 3. The quantitative estimate of drug-likeness (QED) is 0.708. The predicted molar refractivity (Wildman–Crippen MR) is 46.3 cm³/mol. The maximum Gasteiger partial charge on any atom is 0.474 e. The molecule has 1 N–H and O–H groups in total. The smallest absolute Gasteiger partial charge is 0.394 e. The van der Waals surface area contributed by atoms with Crippen LogP contribution in [0.1, 0.15) is 13.8 Å². The minimum atomic E-state index is -3.37. The summed E-state index contributed by atoms with van der Waals surface area (Å²) in [6.07, 6.45) is 0. The topological polar surface area (TPSA) is 65.0 Å². The third-order valence-corrected chi connectivity index (χ3v) is 2.96. The van der Waals surface area contributed by atoms with Crippen LogP contribution < -0.4 is 0 Å². The van der Waals surface area contributed by atoms with E-state index in [2.05, 4.69) is 0 Å². The van der Waals surface area contributed by atoms with Gasteiger partial charge in [0.2, 0.25) is 0 Å². The lowest BCUT2D eigenvalue weighted by Crippen LogP contribution is -2.30. The molecule has 0 radical (unpaired) electrons. The summed E-state index contributed by atoms with van der Waals surface area (Å²) in [5, 5.41) is 8.46. The lowest BCUT2D eigenvalue weighted by molar-refractivity contribution is -0.00230. The van der Waals surface area contributed by atoms with E-state index in [0.29, 0.717) is 13.2 Å². The molecular weight excluding hydrogens is 195 g/mol. The molecular formula is C7H15O5P. The Morgan fingerprint density at radius 2 is 2.00 bits per heavy atom. The third-order valence-electron chi connectivity index (χ3n) is 1.57. The molecule has 1 fully saturated rings. The van der Waals surface area contributed by atoms with Crippen molar-refractivity contribution in [2.45, 2.75) is 13.8 Å². The molecule has 0 aromatic carbocycles. The molecule has 0 amide bonds. The van der Waals surface area contributed by atoms with Crippen LogP contribution in [0.25, 0.3) is 0 Å². The van der Waals surface area contributed by atoms with E-state index in [9.17, 15) is 4.57 Å². The number of hydrogen-bond donors (Lipinski definition) is 1. The number of aliphatic hydroxyl groups excluding tert-OH is 1. The Balaban J connectivity index is 2.42. The summed E-state index contributed by atoms with van der Waals surface area (Å²) < 4.78 is 26.2. The van der Waals surface area contributed by atoms with Crippen LogP contribution in [-0.4, -0.2) is 31.5 Å². The molecule has 0 saturated carbocycles. The van der Waals surface area contributed by atoms with Crippen molar-refractivity contribution >= 4 is 7.82 Å². The lowest BCUT2D eigenvalue weighted by atomic mass is 9.97. The Labute approximate surface area is 77.6 Å². The highest BCUT2D eigenvalue weighted by atomic mass is 31.2. The Bertz CT molecular complexity index is 201. The van der Waals surface area contributed by atoms with E-state index in [-0.39, 0.29) is 18.6 Å². The summed E-state index contributed by atoms with van der Waals surface area (Å²) in [5.74, 6) is 0. The van der Waals surface area contributed by atoms with Crippen molar-refractivity contribution in [1.29, 1.82) is 0 Å². The van der Waals surface area contributed by atoms with Gasteiger partial charge in [-0.3, -0.25) is 13.6 Å². The number of phosphoric acid groups is 1. The zero-order valence-corrected chi connectivity index (χ0v) is 8.75. The average molecular weight is 210 g/mol. The van der Waals surface area contributed by atoms with Gasteiger partial charge in [-0.25, -0.2) is 4.57 Å². The third kappa shape index (κ3) is 3.37. The van der Waals surface area contributed by atoms with Crippen molar-refractivity contribution < 1.29 is 23.2 Å². The van der Waals surface area contributed by atoms with Crippen LogP contribution in [0.5, 0.6) is 0 Å². The molecule has 13 heavy (non-hydrogen) atoms. The summed E-state index contributed by atoms with van der Waals surface area (Å²) >= 11 is 0. The highest BCUT2D eigenvalue weighted by Crippen LogP contribution is 2.54. The van der Waals surface area contributed by atoms with Gasteiger partial charge in [0, 0.05) is 5.41 Å². The van der Waals surface area contributed by atoms with E-state index in [1.54, 1.807) is 0 Å². The van der Waals surface area contributed by atoms with Crippen LogP contribution in [0.3, 0.4) is 0 Å². The Kier molecular flexibility index (Phi) is 3.49. The first-order valence-electron chi connectivity index (χ1n) is 4.12. The minimum absolute atomic E-state index is 0.0301. The first kappa shape index (κ1) is 11.1. The van der Waals surface area contributed by atoms with E-state index >= 15 is 0 Å². The fourth-order valence-electron chi connectivity index (χ4n) is 0.814. The van der Waals surface area contributed by atoms with Crippen LogP contribution in [0, 0.1) is 5.41 Å². The van der Waals surface area contributed by atoms with Gasteiger partial charge in [0.25, 0.3) is 0 Å². The van der Waals surface area contributed by atoms with Crippen LogP contribution >= 0.6 is 7.82 Å². The molecule has 0 bridgehead atoms. The molecule has 0 aliphatic carbocycles. The van der Waals surface area contributed by atoms with Gasteiger partial charge in [-0.15, -0.1) is 0 Å². The Morgan fingerprint density at radius 1 is 1.46 bits per heavy atom. The second-order valence-corrected chi connectivity index (χ2v) is 5.38. The zero-order valence-electron chi connectivity index (χ0n) is 7.86. The molecule has 0 atom stereocenters. The minimum Gasteiger partial charge on any atom is -0.394 e. The molecule has 5 nitrogen and oxygen atoms in total. The molecule has 6 heteroatoms. The molecule has 1 saturated heterocycles. The van der Waals surface area contributed by atoms with Gasteiger partial charge < -0.3 is 5.11 Å². The molecule has 78 valence electrons. The highest BCUT2D eigenvalue weighted by Gasteiger charge is 2.37. The molecule has 0 spiro atoms. The van der Waals surface area contributed by atoms with Crippen molar-refractivity contribution in [2.24, 2.45) is 5.41 Å². The van der Waals surface area contributed by atoms with Gasteiger partial charge >= 0.3 is 7.82 Å². The highest BCUT2D eigenvalue weighted by molar-refractivity contribution is 7.48. The molecule has 0 unspecified atom stereocenters. The first-order chi connectivity index (χ1) is 5.97. The number of phosphoric ester groups is 1. The van der Waals surface area contributed by atoms with Gasteiger partial charge in [0.15, 0.2) is 0 Å². The molecule has 1 rings (SSSR count). The van der Waals surface area contributed by atoms with Gasteiger partial charge in [0.05, 0.1) is 26.4 Å². The van der Waals surface area contributed by atoms with E-state index in [4.69, 9.17) is 18.7 Å². The normalized spacial score (nSPS) is 25.8. The summed E-state index contributed by atoms with van der Waals surface area (Å²) in [6.45, 7) is 4.36. The van der Waals surface area contributed by atoms with Crippen LogP contribution in [-0.2, 0) is 18.1 Å². The number of aliphatic hydroxyl groups is 1. The van der Waals surface area contributed by atoms with Gasteiger partial charge in [-0.1, -0.05) is 13.8 Å². The van der Waals surface area contributed by atoms with Crippen LogP contribution in [0.2, 0.25) is 0 Å². The molecule has 0 aromatic rings. The SMILES string of the molecule is CC1(C)COP(=O)(OCCO)OC1. The van der Waals surface area contributed by atoms with Crippen LogP contribution in [0.4, 0.5) is 0 Å². The van der Waals surface area contributed by atoms with Crippen molar-refractivity contribution in [2.75, 3.05) is 26.4 Å². The average Bonchev–Trinajstić information content (AvgIpc) is 2.08. The maximum atomic E-state index is 11.5. The maximum absolute atomic E-state index is 11.5. The summed E-state index contributed by atoms with van der Waals surface area (Å²) in [6, 6.07) is 0. The summed E-state index contributed by atoms with van der Waals surface area (Å²) in [5.41, 5.74) is -0.128. The molecule has 0 aromatic heterocycles. The van der Waals surface area contributed by atoms with Crippen molar-refractivity contribution in [3.05, 3.63) is 0 Å². The lowest BCUT2D eigenvalue weighted by Gasteiger charge is -2.32. The predicted octanol–water partition coefficient (Wildman–Crippen LogP) is 1.18. The fourth-order valence-corrected chi connectivity index (χ4v) is 2.36. The van der Waals surface area contributed by atoms with Crippen molar-refractivity contribution in [1.82, 2.24) is 0 Å². The first-order valence-corrected chi connectivity index (χ1v) is 5.58. The standard InChI is InChI=1S/C7H15O5P/c1-7(2)5-11-13(9,12-6-7)10-4-3-8/h8H,3-6H2,1-2H3. The van der Waals surface area contributed by atoms with E-state index in [0.717, 1.165) is 0 Å². The summed E-state index contributed by atoms with van der Waals surface area (Å²) in [7, 11) is -3.37. The fraction of sp³-hybridized carbons (Fsp3) is 1.00. The number of hydrogen-bond acceptors (Lipinski definition) is 5. The van der Waals surface area contributed by atoms with E-state index in [1.807, 2.05) is 13.8 Å². The van der Waals surface area contributed by atoms with E-state index in [1.165, 1.54) is 0 Å².